The molecule has 1 aliphatic heterocycles. The van der Waals surface area contributed by atoms with Gasteiger partial charge in [-0.05, 0) is 75.7 Å². The number of halogens is 4. The van der Waals surface area contributed by atoms with Crippen LogP contribution in [0.3, 0.4) is 0 Å². The van der Waals surface area contributed by atoms with Gasteiger partial charge in [0, 0.05) is 35.5 Å². The monoisotopic (exact) mass is 514 g/mol. The van der Waals surface area contributed by atoms with E-state index in [2.05, 4.69) is 55.4 Å². The Morgan fingerprint density at radius 3 is 2.57 bits per heavy atom. The maximum absolute atomic E-state index is 12.8. The molecule has 4 rings (SSSR count). The summed E-state index contributed by atoms with van der Waals surface area (Å²) in [5.41, 5.74) is 0.722. The topological polar surface area (TPSA) is 6.48 Å². The standard InChI is InChI=1S/C22H22BrF3N2S2/c23-18-15-17(22(24,25)26)5-6-20(18)29-13-2-8-27-9-11-28(12-10-27)19-4-1-3-16-7-14-30-21(16)19/h1,3-7,14-15H,2,8-13H2. The van der Waals surface area contributed by atoms with E-state index in [1.807, 2.05) is 0 Å². The summed E-state index contributed by atoms with van der Waals surface area (Å²) in [6.45, 7) is 5.14. The number of hydrogen-bond donors (Lipinski definition) is 0. The Kier molecular flexibility index (Phi) is 6.97. The van der Waals surface area contributed by atoms with Gasteiger partial charge >= 0.3 is 6.18 Å². The van der Waals surface area contributed by atoms with Crippen molar-refractivity contribution in [1.82, 2.24) is 4.90 Å². The first-order valence-corrected chi connectivity index (χ1v) is 12.5. The predicted molar refractivity (Wildman–Crippen MR) is 125 cm³/mol. The van der Waals surface area contributed by atoms with Crippen LogP contribution in [-0.4, -0.2) is 43.4 Å². The molecule has 1 aromatic heterocycles. The lowest BCUT2D eigenvalue weighted by Crippen LogP contribution is -2.46. The van der Waals surface area contributed by atoms with E-state index in [4.69, 9.17) is 0 Å². The quantitative estimate of drug-likeness (QED) is 0.258. The van der Waals surface area contributed by atoms with Gasteiger partial charge < -0.3 is 4.90 Å². The predicted octanol–water partition coefficient (Wildman–Crippen LogP) is 6.99. The van der Waals surface area contributed by atoms with Crippen LogP contribution >= 0.6 is 39.0 Å². The average molecular weight is 515 g/mol. The minimum atomic E-state index is -4.30. The number of rotatable bonds is 6. The first-order valence-electron chi connectivity index (χ1n) is 9.85. The highest BCUT2D eigenvalue weighted by molar-refractivity contribution is 9.10. The molecule has 1 aliphatic rings. The van der Waals surface area contributed by atoms with Crippen molar-refractivity contribution >= 4 is 54.8 Å². The van der Waals surface area contributed by atoms with E-state index in [1.165, 1.54) is 15.8 Å². The maximum atomic E-state index is 12.8. The number of benzene rings is 2. The van der Waals surface area contributed by atoms with Gasteiger partial charge in [-0.1, -0.05) is 12.1 Å². The second kappa shape index (κ2) is 9.51. The van der Waals surface area contributed by atoms with Gasteiger partial charge in [0.05, 0.1) is 16.0 Å². The van der Waals surface area contributed by atoms with Crippen LogP contribution in [0.5, 0.6) is 0 Å². The third kappa shape index (κ3) is 5.15. The highest BCUT2D eigenvalue weighted by atomic mass is 79.9. The molecule has 0 spiro atoms. The summed E-state index contributed by atoms with van der Waals surface area (Å²) < 4.78 is 40.2. The second-order valence-electron chi connectivity index (χ2n) is 7.29. The highest BCUT2D eigenvalue weighted by Crippen LogP contribution is 2.36. The molecule has 0 radical (unpaired) electrons. The molecule has 0 unspecified atom stereocenters. The fourth-order valence-corrected chi connectivity index (χ4v) is 6.22. The third-order valence-corrected chi connectivity index (χ3v) is 8.34. The fourth-order valence-electron chi connectivity index (χ4n) is 3.70. The maximum Gasteiger partial charge on any atom is 0.416 e. The average Bonchev–Trinajstić information content (AvgIpc) is 3.21. The van der Waals surface area contributed by atoms with E-state index in [-0.39, 0.29) is 0 Å². The number of thiophene rings is 1. The molecule has 0 amide bonds. The molecule has 2 aromatic carbocycles. The van der Waals surface area contributed by atoms with Gasteiger partial charge in [-0.15, -0.1) is 23.1 Å². The first-order chi connectivity index (χ1) is 14.4. The zero-order valence-electron chi connectivity index (χ0n) is 16.3. The lowest BCUT2D eigenvalue weighted by molar-refractivity contribution is -0.137. The van der Waals surface area contributed by atoms with Crippen molar-refractivity contribution in [3.8, 4) is 0 Å². The minimum Gasteiger partial charge on any atom is -0.368 e. The van der Waals surface area contributed by atoms with Crippen molar-refractivity contribution in [2.24, 2.45) is 0 Å². The van der Waals surface area contributed by atoms with E-state index < -0.39 is 11.7 Å². The fraction of sp³-hybridized carbons (Fsp3) is 0.364. The number of fused-ring (bicyclic) bond motifs is 1. The molecule has 0 atom stereocenters. The second-order valence-corrected chi connectivity index (χ2v) is 10.2. The summed E-state index contributed by atoms with van der Waals surface area (Å²) in [5.74, 6) is 0.888. The molecule has 160 valence electrons. The van der Waals surface area contributed by atoms with Gasteiger partial charge in [-0.3, -0.25) is 4.90 Å². The Morgan fingerprint density at radius 2 is 1.83 bits per heavy atom. The van der Waals surface area contributed by atoms with Gasteiger partial charge in [-0.25, -0.2) is 0 Å². The van der Waals surface area contributed by atoms with E-state index in [1.54, 1.807) is 29.2 Å². The molecule has 3 aromatic rings. The summed E-state index contributed by atoms with van der Waals surface area (Å²) in [6.07, 6.45) is -3.29. The SMILES string of the molecule is FC(F)(F)c1ccc(SCCCN2CCN(c3cccc4ccsc34)CC2)c(Br)c1. The lowest BCUT2D eigenvalue weighted by atomic mass is 10.2. The molecule has 2 nitrogen and oxygen atoms in total. The highest BCUT2D eigenvalue weighted by Gasteiger charge is 2.30. The summed E-state index contributed by atoms with van der Waals surface area (Å²) >= 11 is 6.68. The van der Waals surface area contributed by atoms with Crippen LogP contribution in [0.1, 0.15) is 12.0 Å². The Labute approximate surface area is 191 Å². The molecule has 1 saturated heterocycles. The van der Waals surface area contributed by atoms with Crippen LogP contribution in [0.15, 0.2) is 57.2 Å². The van der Waals surface area contributed by atoms with E-state index in [9.17, 15) is 13.2 Å². The van der Waals surface area contributed by atoms with Gasteiger partial charge in [0.15, 0.2) is 0 Å². The molecule has 0 saturated carbocycles. The third-order valence-electron chi connectivity index (χ3n) is 5.31. The van der Waals surface area contributed by atoms with Gasteiger partial charge in [-0.2, -0.15) is 13.2 Å². The summed E-state index contributed by atoms with van der Waals surface area (Å²) in [7, 11) is 0. The van der Waals surface area contributed by atoms with Crippen LogP contribution in [0, 0.1) is 0 Å². The molecule has 2 heterocycles. The molecule has 1 fully saturated rings. The Hall–Kier alpha value is -1.22. The van der Waals surface area contributed by atoms with Gasteiger partial charge in [0.2, 0.25) is 0 Å². The number of nitrogens with zero attached hydrogens (tertiary/aromatic N) is 2. The molecule has 0 bridgehead atoms. The van der Waals surface area contributed by atoms with Crippen molar-refractivity contribution in [3.05, 3.63) is 57.9 Å². The minimum absolute atomic E-state index is 0.513. The van der Waals surface area contributed by atoms with Crippen LogP contribution in [0.2, 0.25) is 0 Å². The Morgan fingerprint density at radius 1 is 1.03 bits per heavy atom. The Balaban J connectivity index is 1.23. The largest absolute Gasteiger partial charge is 0.416 e. The van der Waals surface area contributed by atoms with E-state index >= 15 is 0 Å². The van der Waals surface area contributed by atoms with Crippen molar-refractivity contribution in [1.29, 1.82) is 0 Å². The van der Waals surface area contributed by atoms with Crippen LogP contribution in [-0.2, 0) is 6.18 Å². The molecule has 30 heavy (non-hydrogen) atoms. The van der Waals surface area contributed by atoms with Crippen molar-refractivity contribution < 1.29 is 13.2 Å². The zero-order valence-corrected chi connectivity index (χ0v) is 19.5. The van der Waals surface area contributed by atoms with Crippen molar-refractivity contribution in [2.75, 3.05) is 43.4 Å². The zero-order chi connectivity index (χ0) is 21.1. The molecular formula is C22H22BrF3N2S2. The summed E-state index contributed by atoms with van der Waals surface area (Å²) in [5, 5.41) is 3.46. The number of piperazine rings is 1. The summed E-state index contributed by atoms with van der Waals surface area (Å²) in [6, 6.07) is 12.6. The Bertz CT molecular complexity index is 997. The number of alkyl halides is 3. The van der Waals surface area contributed by atoms with Gasteiger partial charge in [0.1, 0.15) is 0 Å². The van der Waals surface area contributed by atoms with E-state index in [0.29, 0.717) is 4.47 Å². The molecule has 0 N–H and O–H groups in total. The smallest absolute Gasteiger partial charge is 0.368 e. The number of thioether (sulfide) groups is 1. The van der Waals surface area contributed by atoms with E-state index in [0.717, 1.165) is 61.9 Å². The molecule has 8 heteroatoms. The summed E-state index contributed by atoms with van der Waals surface area (Å²) in [4.78, 5) is 5.81. The molecule has 0 aliphatic carbocycles. The normalized spacial score (nSPS) is 15.8. The first kappa shape index (κ1) is 22.0. The van der Waals surface area contributed by atoms with Crippen LogP contribution in [0.4, 0.5) is 18.9 Å². The van der Waals surface area contributed by atoms with Crippen molar-refractivity contribution in [2.45, 2.75) is 17.5 Å². The van der Waals surface area contributed by atoms with Crippen LogP contribution in [0.25, 0.3) is 10.1 Å². The van der Waals surface area contributed by atoms with Gasteiger partial charge in [0.25, 0.3) is 0 Å². The van der Waals surface area contributed by atoms with Crippen LogP contribution < -0.4 is 4.90 Å². The number of hydrogen-bond acceptors (Lipinski definition) is 4. The lowest BCUT2D eigenvalue weighted by Gasteiger charge is -2.36. The number of anilines is 1. The molecular weight excluding hydrogens is 493 g/mol. The van der Waals surface area contributed by atoms with Crippen molar-refractivity contribution in [3.63, 3.8) is 0 Å².